The van der Waals surface area contributed by atoms with Crippen LogP contribution in [-0.2, 0) is 13.1 Å². The van der Waals surface area contributed by atoms with E-state index in [1.807, 2.05) is 7.05 Å². The van der Waals surface area contributed by atoms with Crippen molar-refractivity contribution in [2.45, 2.75) is 38.1 Å². The molecule has 0 aromatic heterocycles. The summed E-state index contributed by atoms with van der Waals surface area (Å²) in [5, 5.41) is 21.6. The molecule has 3 N–H and O–H groups in total. The first kappa shape index (κ1) is 23.1. The third kappa shape index (κ3) is 6.22. The molecule has 1 aliphatic heterocycles. The van der Waals surface area contributed by atoms with Crippen molar-refractivity contribution < 1.29 is 23.8 Å². The van der Waals surface area contributed by atoms with Gasteiger partial charge in [0, 0.05) is 24.2 Å². The van der Waals surface area contributed by atoms with Crippen molar-refractivity contribution in [3.8, 4) is 0 Å². The van der Waals surface area contributed by atoms with Gasteiger partial charge in [0.1, 0.15) is 17.7 Å². The second-order valence-corrected chi connectivity index (χ2v) is 8.00. The van der Waals surface area contributed by atoms with Crippen molar-refractivity contribution in [2.24, 2.45) is 0 Å². The standard InChI is InChI=1S/C23H29F2N3O3/c1-27-10-8-20(9-11-27)28(14-18-6-7-19(24)12-21(18)25)23(31)26-13-16-2-4-17(5-3-16)22(30)15-29/h2-7,12,20,22,29-30H,8-11,13-15H2,1H3,(H,26,31)/t22-/m0/s1. The number of nitrogens with zero attached hydrogens (tertiary/aromatic N) is 2. The normalized spacial score (nSPS) is 16.2. The van der Waals surface area contributed by atoms with E-state index in [1.54, 1.807) is 29.2 Å². The molecule has 3 rings (SSSR count). The smallest absolute Gasteiger partial charge is 0.318 e. The highest BCUT2D eigenvalue weighted by atomic mass is 19.1. The van der Waals surface area contributed by atoms with Crippen LogP contribution < -0.4 is 5.32 Å². The van der Waals surface area contributed by atoms with Gasteiger partial charge < -0.3 is 25.3 Å². The maximum Gasteiger partial charge on any atom is 0.318 e. The van der Waals surface area contributed by atoms with Crippen LogP contribution in [0.3, 0.4) is 0 Å². The van der Waals surface area contributed by atoms with E-state index < -0.39 is 17.7 Å². The van der Waals surface area contributed by atoms with E-state index in [9.17, 15) is 18.7 Å². The minimum Gasteiger partial charge on any atom is -0.393 e. The van der Waals surface area contributed by atoms with Gasteiger partial charge in [-0.1, -0.05) is 30.3 Å². The number of carbonyl (C=O) groups excluding carboxylic acids is 1. The molecule has 168 valence electrons. The van der Waals surface area contributed by atoms with Crippen LogP contribution in [0.25, 0.3) is 0 Å². The second kappa shape index (κ2) is 10.7. The van der Waals surface area contributed by atoms with Gasteiger partial charge in [0.15, 0.2) is 0 Å². The molecule has 1 saturated heterocycles. The molecule has 1 fully saturated rings. The summed E-state index contributed by atoms with van der Waals surface area (Å²) < 4.78 is 27.5. The predicted octanol–water partition coefficient (Wildman–Crippen LogP) is 2.80. The zero-order chi connectivity index (χ0) is 22.4. The van der Waals surface area contributed by atoms with Crippen LogP contribution in [0.1, 0.15) is 35.6 Å². The maximum absolute atomic E-state index is 14.2. The Balaban J connectivity index is 1.69. The van der Waals surface area contributed by atoms with Crippen molar-refractivity contribution in [3.63, 3.8) is 0 Å². The van der Waals surface area contributed by atoms with E-state index >= 15 is 0 Å². The molecule has 8 heteroatoms. The molecule has 2 aromatic rings. The van der Waals surface area contributed by atoms with Gasteiger partial charge >= 0.3 is 6.03 Å². The minimum absolute atomic E-state index is 0.0391. The highest BCUT2D eigenvalue weighted by Gasteiger charge is 2.27. The van der Waals surface area contributed by atoms with Gasteiger partial charge in [-0.3, -0.25) is 0 Å². The fourth-order valence-corrected chi connectivity index (χ4v) is 3.75. The Hall–Kier alpha value is -2.55. The van der Waals surface area contributed by atoms with Crippen molar-refractivity contribution in [1.29, 1.82) is 0 Å². The summed E-state index contributed by atoms with van der Waals surface area (Å²) in [5.41, 5.74) is 1.70. The van der Waals surface area contributed by atoms with Crippen LogP contribution in [0.5, 0.6) is 0 Å². The number of hydrogen-bond acceptors (Lipinski definition) is 4. The molecule has 0 radical (unpaired) electrons. The number of likely N-dealkylation sites (tertiary alicyclic amines) is 1. The Bertz CT molecular complexity index is 871. The summed E-state index contributed by atoms with van der Waals surface area (Å²) in [6.07, 6.45) is 0.621. The summed E-state index contributed by atoms with van der Waals surface area (Å²) in [6.45, 7) is 1.66. The first-order chi connectivity index (χ1) is 14.9. The number of piperidine rings is 1. The lowest BCUT2D eigenvalue weighted by molar-refractivity contribution is 0.0956. The highest BCUT2D eigenvalue weighted by Crippen LogP contribution is 2.21. The third-order valence-corrected chi connectivity index (χ3v) is 5.73. The van der Waals surface area contributed by atoms with Crippen molar-refractivity contribution >= 4 is 6.03 Å². The van der Waals surface area contributed by atoms with E-state index in [4.69, 9.17) is 5.11 Å². The van der Waals surface area contributed by atoms with Gasteiger partial charge in [0.05, 0.1) is 13.2 Å². The summed E-state index contributed by atoms with van der Waals surface area (Å²) in [7, 11) is 2.03. The number of nitrogens with one attached hydrogen (secondary N) is 1. The molecule has 0 bridgehead atoms. The average Bonchev–Trinajstić information content (AvgIpc) is 2.77. The lowest BCUT2D eigenvalue weighted by Crippen LogP contribution is -2.49. The molecular weight excluding hydrogens is 404 g/mol. The zero-order valence-corrected chi connectivity index (χ0v) is 17.6. The van der Waals surface area contributed by atoms with Gasteiger partial charge in [-0.2, -0.15) is 0 Å². The lowest BCUT2D eigenvalue weighted by atomic mass is 10.0. The second-order valence-electron chi connectivity index (χ2n) is 8.00. The summed E-state index contributed by atoms with van der Waals surface area (Å²) >= 11 is 0. The molecule has 0 saturated carbocycles. The molecule has 0 unspecified atom stereocenters. The third-order valence-electron chi connectivity index (χ3n) is 5.73. The first-order valence-corrected chi connectivity index (χ1v) is 10.4. The number of aliphatic hydroxyl groups is 2. The Morgan fingerprint density at radius 2 is 1.87 bits per heavy atom. The van der Waals surface area contributed by atoms with Crippen molar-refractivity contribution in [1.82, 2.24) is 15.1 Å². The van der Waals surface area contributed by atoms with Gasteiger partial charge in [-0.25, -0.2) is 13.6 Å². The fourth-order valence-electron chi connectivity index (χ4n) is 3.75. The number of aliphatic hydroxyl groups excluding tert-OH is 2. The van der Waals surface area contributed by atoms with Crippen LogP contribution in [0.2, 0.25) is 0 Å². The Kier molecular flexibility index (Phi) is 7.95. The largest absolute Gasteiger partial charge is 0.393 e. The van der Waals surface area contributed by atoms with E-state index in [0.717, 1.165) is 37.6 Å². The molecule has 2 amide bonds. The van der Waals surface area contributed by atoms with Crippen LogP contribution in [0.4, 0.5) is 13.6 Å². The quantitative estimate of drug-likeness (QED) is 0.628. The molecule has 1 aliphatic rings. The van der Waals surface area contributed by atoms with E-state index in [1.165, 1.54) is 12.1 Å². The number of benzene rings is 2. The van der Waals surface area contributed by atoms with E-state index in [-0.39, 0.29) is 37.3 Å². The fraction of sp³-hybridized carbons (Fsp3) is 0.435. The van der Waals surface area contributed by atoms with Crippen LogP contribution in [-0.4, -0.2) is 58.8 Å². The van der Waals surface area contributed by atoms with Crippen molar-refractivity contribution in [2.75, 3.05) is 26.7 Å². The first-order valence-electron chi connectivity index (χ1n) is 10.4. The highest BCUT2D eigenvalue weighted by molar-refractivity contribution is 5.74. The number of rotatable bonds is 7. The topological polar surface area (TPSA) is 76.0 Å². The van der Waals surface area contributed by atoms with E-state index in [0.29, 0.717) is 5.56 Å². The summed E-state index contributed by atoms with van der Waals surface area (Å²) in [5.74, 6) is -1.31. The van der Waals surface area contributed by atoms with Crippen molar-refractivity contribution in [3.05, 3.63) is 70.8 Å². The van der Waals surface area contributed by atoms with Crippen LogP contribution in [0.15, 0.2) is 42.5 Å². The van der Waals surface area contributed by atoms with Crippen LogP contribution in [0, 0.1) is 11.6 Å². The maximum atomic E-state index is 14.2. The summed E-state index contributed by atoms with van der Waals surface area (Å²) in [6, 6.07) is 10.0. The van der Waals surface area contributed by atoms with Gasteiger partial charge in [0.25, 0.3) is 0 Å². The van der Waals surface area contributed by atoms with E-state index in [2.05, 4.69) is 10.2 Å². The Labute approximate surface area is 181 Å². The molecule has 0 spiro atoms. The molecule has 31 heavy (non-hydrogen) atoms. The Morgan fingerprint density at radius 1 is 1.19 bits per heavy atom. The molecule has 1 heterocycles. The Morgan fingerprint density at radius 3 is 2.48 bits per heavy atom. The van der Waals surface area contributed by atoms with Gasteiger partial charge in [0.2, 0.25) is 0 Å². The molecule has 0 aliphatic carbocycles. The average molecular weight is 433 g/mol. The molecule has 1 atom stereocenters. The minimum atomic E-state index is -0.936. The van der Waals surface area contributed by atoms with Gasteiger partial charge in [-0.05, 0) is 50.2 Å². The lowest BCUT2D eigenvalue weighted by Gasteiger charge is -2.37. The molecular formula is C23H29F2N3O3. The number of amides is 2. The number of carbonyl (C=O) groups is 1. The predicted molar refractivity (Wildman–Crippen MR) is 113 cm³/mol. The zero-order valence-electron chi connectivity index (χ0n) is 17.6. The molecule has 6 nitrogen and oxygen atoms in total. The van der Waals surface area contributed by atoms with Gasteiger partial charge in [-0.15, -0.1) is 0 Å². The number of urea groups is 1. The monoisotopic (exact) mass is 433 g/mol. The molecule has 2 aromatic carbocycles. The number of hydrogen-bond donors (Lipinski definition) is 3. The number of halogens is 2. The SMILES string of the molecule is CN1CCC(N(Cc2ccc(F)cc2F)C(=O)NCc2ccc([C@@H](O)CO)cc2)CC1. The summed E-state index contributed by atoms with van der Waals surface area (Å²) in [4.78, 5) is 16.9. The van der Waals surface area contributed by atoms with Crippen LogP contribution >= 0.6 is 0 Å².